The maximum absolute atomic E-state index is 13.9. The summed E-state index contributed by atoms with van der Waals surface area (Å²) in [4.78, 5) is 55.5. The summed E-state index contributed by atoms with van der Waals surface area (Å²) in [6, 6.07) is 6.51. The fourth-order valence-corrected chi connectivity index (χ4v) is 7.47. The van der Waals surface area contributed by atoms with Gasteiger partial charge >= 0.3 is 6.09 Å². The number of benzene rings is 1. The molecule has 1 heterocycles. The summed E-state index contributed by atoms with van der Waals surface area (Å²) >= 11 is 0. The van der Waals surface area contributed by atoms with Crippen molar-refractivity contribution in [1.82, 2.24) is 14.9 Å². The Morgan fingerprint density at radius 1 is 1.16 bits per heavy atom. The maximum Gasteiger partial charge on any atom is 0.412 e. The van der Waals surface area contributed by atoms with Gasteiger partial charge in [0.05, 0.1) is 41.0 Å². The second-order valence-corrected chi connectivity index (χ2v) is 14.9. The van der Waals surface area contributed by atoms with E-state index >= 15 is 0 Å². The van der Waals surface area contributed by atoms with E-state index in [9.17, 15) is 32.9 Å². The smallest absolute Gasteiger partial charge is 0.412 e. The molecule has 1 aliphatic heterocycles. The predicted octanol–water partition coefficient (Wildman–Crippen LogP) is 2.58. The lowest BCUT2D eigenvalue weighted by Gasteiger charge is -2.27. The molecule has 3 fully saturated rings. The molecule has 13 nitrogen and oxygen atoms in total. The van der Waals surface area contributed by atoms with Crippen LogP contribution in [0.15, 0.2) is 30.4 Å². The number of nitrogens with one attached hydrogen (secondary N) is 3. The van der Waals surface area contributed by atoms with Crippen molar-refractivity contribution < 1.29 is 37.1 Å². The molecule has 0 aromatic heterocycles. The molecule has 4 amide bonds. The third kappa shape index (κ3) is 6.63. The number of hydrogen-bond acceptors (Lipinski definition) is 9. The molecular weight excluding hydrogens is 602 g/mol. The fraction of sp³-hybridized carbons (Fsp3) is 0.581. The predicted molar refractivity (Wildman–Crippen MR) is 162 cm³/mol. The van der Waals surface area contributed by atoms with E-state index in [0.717, 1.165) is 12.8 Å². The Morgan fingerprint density at radius 3 is 2.58 bits per heavy atom. The molecule has 0 radical (unpaired) electrons. The van der Waals surface area contributed by atoms with Crippen LogP contribution in [-0.4, -0.2) is 74.2 Å². The number of carbonyl (C=O) groups excluding carboxylic acids is 4. The highest BCUT2D eigenvalue weighted by atomic mass is 32.2. The van der Waals surface area contributed by atoms with Gasteiger partial charge in [-0.05, 0) is 76.5 Å². The largest absolute Gasteiger partial charge is 0.495 e. The van der Waals surface area contributed by atoms with Crippen LogP contribution in [0, 0.1) is 29.1 Å². The SMILES string of the molecule is COc1ccc(C#N)cc1NC(=O)O[C@@H]1C[C@@H]2C(=O)N[C@]3(C(=O)NS(=O)(=O)C4(C)CC4)C[C@@H]3/C=C\CCCCN(C)C(=O)[C@H]2C1. The molecule has 4 aliphatic rings. The summed E-state index contributed by atoms with van der Waals surface area (Å²) < 4.78 is 37.9. The van der Waals surface area contributed by atoms with E-state index in [-0.39, 0.29) is 30.9 Å². The standard InChI is InChI=1S/C31H39N5O8S/c1-30(11-12-30)45(41,42)35-28(39)31-17-20(31)8-6-4-5-7-13-36(2)27(38)23-16-21(15-22(23)26(37)34-31)44-29(40)33-24-14-19(18-32)9-10-25(24)43-3/h6,8-10,14,20-23H,4-5,7,11-13,15-17H2,1-3H3,(H,33,40)(H,34,37)(H,35,39)/b8-6-/t20-,21+,22-,23-,31+/m0/s1. The second-order valence-electron chi connectivity index (χ2n) is 12.7. The zero-order chi connectivity index (χ0) is 32.6. The number of allylic oxidation sites excluding steroid dienone is 1. The number of sulfonamides is 1. The first-order chi connectivity index (χ1) is 21.3. The van der Waals surface area contributed by atoms with E-state index in [4.69, 9.17) is 9.47 Å². The highest BCUT2D eigenvalue weighted by molar-refractivity contribution is 7.91. The maximum atomic E-state index is 13.9. The first-order valence-corrected chi connectivity index (χ1v) is 16.7. The average Bonchev–Trinajstić information content (AvgIpc) is 3.88. The van der Waals surface area contributed by atoms with Gasteiger partial charge in [0, 0.05) is 19.5 Å². The number of anilines is 1. The van der Waals surface area contributed by atoms with Gasteiger partial charge in [0.1, 0.15) is 17.4 Å². The third-order valence-corrected chi connectivity index (χ3v) is 11.6. The molecule has 0 spiro atoms. The summed E-state index contributed by atoms with van der Waals surface area (Å²) in [6.45, 7) is 2.07. The zero-order valence-corrected chi connectivity index (χ0v) is 26.4. The van der Waals surface area contributed by atoms with Gasteiger partial charge in [0.25, 0.3) is 5.91 Å². The Morgan fingerprint density at radius 2 is 1.89 bits per heavy atom. The molecule has 0 bridgehead atoms. The van der Waals surface area contributed by atoms with Gasteiger partial charge in [-0.1, -0.05) is 12.2 Å². The highest BCUT2D eigenvalue weighted by Gasteiger charge is 2.63. The van der Waals surface area contributed by atoms with Gasteiger partial charge in [0.15, 0.2) is 0 Å². The number of methoxy groups -OCH3 is 1. The molecule has 3 saturated carbocycles. The van der Waals surface area contributed by atoms with Gasteiger partial charge in [0.2, 0.25) is 21.8 Å². The third-order valence-electron chi connectivity index (χ3n) is 9.47. The Hall–Kier alpha value is -4.12. The number of fused-ring (bicyclic) bond motifs is 2. The first-order valence-electron chi connectivity index (χ1n) is 15.2. The monoisotopic (exact) mass is 641 g/mol. The quantitative estimate of drug-likeness (QED) is 0.393. The van der Waals surface area contributed by atoms with Crippen LogP contribution in [-0.2, 0) is 29.1 Å². The minimum atomic E-state index is -3.94. The molecule has 0 unspecified atom stereocenters. The number of ether oxygens (including phenoxy) is 2. The second kappa shape index (κ2) is 12.3. The van der Waals surface area contributed by atoms with E-state index in [1.807, 2.05) is 18.2 Å². The van der Waals surface area contributed by atoms with E-state index in [1.165, 1.54) is 25.3 Å². The van der Waals surface area contributed by atoms with Gasteiger partial charge in [-0.2, -0.15) is 5.26 Å². The number of hydrogen-bond donors (Lipinski definition) is 3. The summed E-state index contributed by atoms with van der Waals surface area (Å²) in [5, 5.41) is 14.6. The van der Waals surface area contributed by atoms with Gasteiger partial charge < -0.3 is 19.7 Å². The van der Waals surface area contributed by atoms with E-state index in [1.54, 1.807) is 18.9 Å². The normalized spacial score (nSPS) is 29.9. The lowest BCUT2D eigenvalue weighted by molar-refractivity contribution is -0.140. The molecule has 14 heteroatoms. The van der Waals surface area contributed by atoms with Crippen LogP contribution in [0.2, 0.25) is 0 Å². The summed E-state index contributed by atoms with van der Waals surface area (Å²) in [5.41, 5.74) is -0.942. The van der Waals surface area contributed by atoms with Crippen molar-refractivity contribution in [2.24, 2.45) is 17.8 Å². The molecule has 45 heavy (non-hydrogen) atoms. The van der Waals surface area contributed by atoms with Crippen LogP contribution < -0.4 is 20.1 Å². The number of nitrogens with zero attached hydrogens (tertiary/aromatic N) is 2. The molecule has 1 aromatic rings. The highest BCUT2D eigenvalue weighted by Crippen LogP contribution is 2.48. The number of nitriles is 1. The molecular formula is C31H39N5O8S. The van der Waals surface area contributed by atoms with Gasteiger partial charge in [-0.25, -0.2) is 13.2 Å². The van der Waals surface area contributed by atoms with Crippen LogP contribution in [0.4, 0.5) is 10.5 Å². The molecule has 1 aromatic carbocycles. The van der Waals surface area contributed by atoms with Crippen molar-refractivity contribution in [3.05, 3.63) is 35.9 Å². The zero-order valence-electron chi connectivity index (χ0n) is 25.6. The average molecular weight is 642 g/mol. The number of amides is 4. The number of carbonyl (C=O) groups is 4. The van der Waals surface area contributed by atoms with Crippen molar-refractivity contribution in [1.29, 1.82) is 5.26 Å². The van der Waals surface area contributed by atoms with Crippen LogP contribution in [0.1, 0.15) is 63.9 Å². The van der Waals surface area contributed by atoms with Crippen LogP contribution >= 0.6 is 0 Å². The Labute approximate surface area is 262 Å². The van der Waals surface area contributed by atoms with E-state index in [2.05, 4.69) is 15.4 Å². The molecule has 0 saturated heterocycles. The molecule has 3 N–H and O–H groups in total. The fourth-order valence-electron chi connectivity index (χ4n) is 6.16. The van der Waals surface area contributed by atoms with Gasteiger partial charge in [-0.3, -0.25) is 24.4 Å². The molecule has 5 atom stereocenters. The van der Waals surface area contributed by atoms with Crippen molar-refractivity contribution in [2.75, 3.05) is 26.0 Å². The molecule has 5 rings (SSSR count). The lowest BCUT2D eigenvalue weighted by atomic mass is 9.93. The van der Waals surface area contributed by atoms with Gasteiger partial charge in [-0.15, -0.1) is 0 Å². The molecule has 242 valence electrons. The van der Waals surface area contributed by atoms with Crippen molar-refractivity contribution >= 4 is 39.5 Å². The van der Waals surface area contributed by atoms with Crippen LogP contribution in [0.5, 0.6) is 5.75 Å². The lowest BCUT2D eigenvalue weighted by Crippen LogP contribution is -2.55. The Kier molecular flexibility index (Phi) is 8.86. The van der Waals surface area contributed by atoms with Crippen molar-refractivity contribution in [2.45, 2.75) is 74.7 Å². The summed E-state index contributed by atoms with van der Waals surface area (Å²) in [7, 11) is -0.856. The topological polar surface area (TPSA) is 184 Å². The molecule has 3 aliphatic carbocycles. The van der Waals surface area contributed by atoms with Crippen LogP contribution in [0.3, 0.4) is 0 Å². The van der Waals surface area contributed by atoms with E-state index < -0.39 is 62.1 Å². The Balaban J connectivity index is 1.35. The van der Waals surface area contributed by atoms with Crippen molar-refractivity contribution in [3.8, 4) is 11.8 Å². The number of rotatable bonds is 6. The van der Waals surface area contributed by atoms with E-state index in [0.29, 0.717) is 37.1 Å². The summed E-state index contributed by atoms with van der Waals surface area (Å²) in [6.07, 6.45) is 5.59. The van der Waals surface area contributed by atoms with Crippen molar-refractivity contribution in [3.63, 3.8) is 0 Å². The minimum absolute atomic E-state index is 0.0213. The Bertz CT molecular complexity index is 1570. The first kappa shape index (κ1) is 32.3. The minimum Gasteiger partial charge on any atom is -0.495 e. The van der Waals surface area contributed by atoms with Crippen LogP contribution in [0.25, 0.3) is 0 Å². The summed E-state index contributed by atoms with van der Waals surface area (Å²) in [5.74, 6) is -3.47.